The molecule has 4 heteroatoms. The molecule has 1 aromatic rings. The number of pyridine rings is 1. The maximum atomic E-state index is 12.3. The molecule has 0 unspecified atom stereocenters. The highest BCUT2D eigenvalue weighted by molar-refractivity contribution is 5.84. The van der Waals surface area contributed by atoms with Crippen LogP contribution in [0.2, 0.25) is 0 Å². The molecule has 0 spiro atoms. The molecule has 0 atom stereocenters. The van der Waals surface area contributed by atoms with Crippen molar-refractivity contribution in [2.45, 2.75) is 5.92 Å². The van der Waals surface area contributed by atoms with E-state index in [2.05, 4.69) is 4.98 Å². The van der Waals surface area contributed by atoms with Gasteiger partial charge in [-0.15, -0.1) is 0 Å². The Morgan fingerprint density at radius 2 is 2.00 bits per heavy atom. The Morgan fingerprint density at radius 1 is 1.33 bits per heavy atom. The van der Waals surface area contributed by atoms with Crippen LogP contribution >= 0.6 is 0 Å². The summed E-state index contributed by atoms with van der Waals surface area (Å²) >= 11 is 0. The lowest BCUT2D eigenvalue weighted by molar-refractivity contribution is -0.116. The fraction of sp³-hybridized carbons (Fsp3) is 0.125. The van der Waals surface area contributed by atoms with Gasteiger partial charge < -0.3 is 9.59 Å². The van der Waals surface area contributed by atoms with Gasteiger partial charge in [0.05, 0.1) is 11.9 Å². The first-order valence-electron chi connectivity index (χ1n) is 3.30. The van der Waals surface area contributed by atoms with E-state index in [1.807, 2.05) is 0 Å². The Labute approximate surface area is 68.2 Å². The number of halogens is 1. The van der Waals surface area contributed by atoms with Crippen molar-refractivity contribution in [2.75, 3.05) is 0 Å². The second kappa shape index (κ2) is 3.71. The Balaban J connectivity index is 2.94. The van der Waals surface area contributed by atoms with Crippen molar-refractivity contribution < 1.29 is 14.0 Å². The number of carbonyl (C=O) groups excluding carboxylic acids is 2. The summed E-state index contributed by atoms with van der Waals surface area (Å²) in [5.41, 5.74) is 0.265. The smallest absolute Gasteiger partial charge is 0.141 e. The van der Waals surface area contributed by atoms with E-state index in [0.717, 1.165) is 12.3 Å². The maximum Gasteiger partial charge on any atom is 0.141 e. The van der Waals surface area contributed by atoms with Gasteiger partial charge in [-0.2, -0.15) is 0 Å². The number of nitrogens with zero attached hydrogens (tertiary/aromatic N) is 1. The van der Waals surface area contributed by atoms with Gasteiger partial charge in [-0.1, -0.05) is 0 Å². The normalized spacial score (nSPS) is 9.83. The van der Waals surface area contributed by atoms with Crippen LogP contribution in [0.15, 0.2) is 18.3 Å². The lowest BCUT2D eigenvalue weighted by Crippen LogP contribution is -2.03. The second-order valence-electron chi connectivity index (χ2n) is 2.20. The van der Waals surface area contributed by atoms with Crippen LogP contribution < -0.4 is 0 Å². The molecule has 0 saturated heterocycles. The average molecular weight is 167 g/mol. The monoisotopic (exact) mass is 167 g/mol. The van der Waals surface area contributed by atoms with Gasteiger partial charge in [0.1, 0.15) is 24.3 Å². The molecule has 12 heavy (non-hydrogen) atoms. The van der Waals surface area contributed by atoms with E-state index in [4.69, 9.17) is 0 Å². The number of carbonyl (C=O) groups is 2. The van der Waals surface area contributed by atoms with Crippen LogP contribution in [0.5, 0.6) is 0 Å². The predicted octanol–water partition coefficient (Wildman–Crippen LogP) is 0.702. The van der Waals surface area contributed by atoms with E-state index in [9.17, 15) is 14.0 Å². The molecule has 0 N–H and O–H groups in total. The Bertz CT molecular complexity index is 276. The van der Waals surface area contributed by atoms with Crippen molar-refractivity contribution in [2.24, 2.45) is 0 Å². The van der Waals surface area contributed by atoms with Crippen LogP contribution in [-0.4, -0.2) is 17.6 Å². The van der Waals surface area contributed by atoms with Gasteiger partial charge in [0.2, 0.25) is 0 Å². The minimum Gasteiger partial charge on any atom is -0.302 e. The predicted molar refractivity (Wildman–Crippen MR) is 39.1 cm³/mol. The van der Waals surface area contributed by atoms with Crippen LogP contribution in [0.1, 0.15) is 11.6 Å². The van der Waals surface area contributed by atoms with E-state index in [1.54, 1.807) is 0 Å². The van der Waals surface area contributed by atoms with Gasteiger partial charge in [-0.3, -0.25) is 4.98 Å². The number of aldehydes is 2. The highest BCUT2D eigenvalue weighted by Gasteiger charge is 2.09. The highest BCUT2D eigenvalue weighted by atomic mass is 19.1. The van der Waals surface area contributed by atoms with E-state index in [1.165, 1.54) is 6.07 Å². The van der Waals surface area contributed by atoms with Gasteiger partial charge in [0.15, 0.2) is 0 Å². The van der Waals surface area contributed by atoms with Crippen molar-refractivity contribution in [3.63, 3.8) is 0 Å². The summed E-state index contributed by atoms with van der Waals surface area (Å²) in [5, 5.41) is 0. The average Bonchev–Trinajstić information content (AvgIpc) is 2.10. The SMILES string of the molecule is O=CC(C=O)c1ccc(F)cn1. The number of rotatable bonds is 3. The summed E-state index contributed by atoms with van der Waals surface area (Å²) in [6.45, 7) is 0. The molecule has 0 saturated carbocycles. The van der Waals surface area contributed by atoms with E-state index < -0.39 is 11.7 Å². The summed E-state index contributed by atoms with van der Waals surface area (Å²) in [7, 11) is 0. The zero-order valence-electron chi connectivity index (χ0n) is 6.11. The van der Waals surface area contributed by atoms with Crippen molar-refractivity contribution in [1.82, 2.24) is 4.98 Å². The van der Waals surface area contributed by atoms with Crippen LogP contribution in [0, 0.1) is 5.82 Å². The van der Waals surface area contributed by atoms with Crippen LogP contribution in [-0.2, 0) is 9.59 Å². The summed E-state index contributed by atoms with van der Waals surface area (Å²) in [4.78, 5) is 24.1. The molecule has 62 valence electrons. The fourth-order valence-electron chi connectivity index (χ4n) is 0.756. The standard InChI is InChI=1S/C8H6FNO2/c9-7-1-2-8(10-3-7)6(4-11)5-12/h1-6H. The summed E-state index contributed by atoms with van der Waals surface area (Å²) < 4.78 is 12.3. The molecule has 1 rings (SSSR count). The third kappa shape index (κ3) is 1.72. The molecule has 0 aliphatic carbocycles. The first-order valence-corrected chi connectivity index (χ1v) is 3.30. The lowest BCUT2D eigenvalue weighted by Gasteiger charge is -1.99. The van der Waals surface area contributed by atoms with Gasteiger partial charge >= 0.3 is 0 Å². The van der Waals surface area contributed by atoms with Crippen LogP contribution in [0.3, 0.4) is 0 Å². The van der Waals surface area contributed by atoms with Gasteiger partial charge in [0, 0.05) is 0 Å². The van der Waals surface area contributed by atoms with Crippen molar-refractivity contribution in [3.05, 3.63) is 29.8 Å². The minimum atomic E-state index is -0.884. The molecule has 3 nitrogen and oxygen atoms in total. The first kappa shape index (κ1) is 8.52. The molecule has 0 bridgehead atoms. The largest absolute Gasteiger partial charge is 0.302 e. The van der Waals surface area contributed by atoms with Crippen molar-refractivity contribution in [1.29, 1.82) is 0 Å². The minimum absolute atomic E-state index is 0.265. The number of aromatic nitrogens is 1. The summed E-state index contributed by atoms with van der Waals surface area (Å²) in [6, 6.07) is 2.46. The number of hydrogen-bond acceptors (Lipinski definition) is 3. The summed E-state index contributed by atoms with van der Waals surface area (Å²) in [6.07, 6.45) is 1.90. The van der Waals surface area contributed by atoms with Crippen LogP contribution in [0.4, 0.5) is 4.39 Å². The molecule has 0 aliphatic heterocycles. The molecule has 0 radical (unpaired) electrons. The zero-order valence-corrected chi connectivity index (χ0v) is 6.11. The Kier molecular flexibility index (Phi) is 2.63. The Hall–Kier alpha value is -1.58. The number of hydrogen-bond donors (Lipinski definition) is 0. The molecular formula is C8H6FNO2. The third-order valence-electron chi connectivity index (χ3n) is 1.39. The molecule has 0 aromatic carbocycles. The van der Waals surface area contributed by atoms with Gasteiger partial charge in [-0.05, 0) is 12.1 Å². The molecule has 1 aromatic heterocycles. The van der Waals surface area contributed by atoms with Crippen molar-refractivity contribution in [3.8, 4) is 0 Å². The van der Waals surface area contributed by atoms with Crippen molar-refractivity contribution >= 4 is 12.6 Å². The molecule has 0 fully saturated rings. The third-order valence-corrected chi connectivity index (χ3v) is 1.39. The summed E-state index contributed by atoms with van der Waals surface area (Å²) in [5.74, 6) is -1.38. The lowest BCUT2D eigenvalue weighted by atomic mass is 10.1. The molecule has 0 amide bonds. The van der Waals surface area contributed by atoms with Crippen LogP contribution in [0.25, 0.3) is 0 Å². The first-order chi connectivity index (χ1) is 5.77. The Morgan fingerprint density at radius 3 is 2.42 bits per heavy atom. The topological polar surface area (TPSA) is 47.0 Å². The van der Waals surface area contributed by atoms with E-state index in [-0.39, 0.29) is 5.69 Å². The molecule has 1 heterocycles. The quantitative estimate of drug-likeness (QED) is 0.491. The second-order valence-corrected chi connectivity index (χ2v) is 2.20. The fourth-order valence-corrected chi connectivity index (χ4v) is 0.756. The zero-order chi connectivity index (χ0) is 8.97. The highest BCUT2D eigenvalue weighted by Crippen LogP contribution is 2.07. The van der Waals surface area contributed by atoms with Gasteiger partial charge in [-0.25, -0.2) is 4.39 Å². The molecule has 0 aliphatic rings. The maximum absolute atomic E-state index is 12.3. The van der Waals surface area contributed by atoms with Gasteiger partial charge in [0.25, 0.3) is 0 Å². The molecular weight excluding hydrogens is 161 g/mol. The van der Waals surface area contributed by atoms with E-state index in [0.29, 0.717) is 12.6 Å². The van der Waals surface area contributed by atoms with E-state index >= 15 is 0 Å².